The Morgan fingerprint density at radius 3 is 2.22 bits per heavy atom. The van der Waals surface area contributed by atoms with Crippen molar-refractivity contribution in [3.8, 4) is 5.75 Å². The summed E-state index contributed by atoms with van der Waals surface area (Å²) in [5.41, 5.74) is 5.44. The van der Waals surface area contributed by atoms with Crippen molar-refractivity contribution >= 4 is 23.4 Å². The predicted molar refractivity (Wildman–Crippen MR) is 154 cm³/mol. The molecule has 8 nitrogen and oxygen atoms in total. The number of nitrogens with two attached hydrogens (primary N) is 1. The number of anilines is 1. The first-order valence-electron chi connectivity index (χ1n) is 13.7. The molecule has 234 valence electrons. The molecule has 0 bridgehead atoms. The van der Waals surface area contributed by atoms with E-state index in [1.54, 1.807) is 24.3 Å². The maximum atomic E-state index is 15.5. The number of allylic oxidation sites excluding steroid dienone is 2. The van der Waals surface area contributed by atoms with Crippen molar-refractivity contribution in [2.75, 3.05) is 26.2 Å². The first-order chi connectivity index (χ1) is 21.4. The van der Waals surface area contributed by atoms with E-state index >= 15 is 4.39 Å². The van der Waals surface area contributed by atoms with Crippen LogP contribution in [0.25, 0.3) is 0 Å². The fourth-order valence-electron chi connectivity index (χ4n) is 6.04. The molecule has 0 fully saturated rings. The molecule has 1 heterocycles. The Hall–Kier alpha value is -5.13. The second kappa shape index (κ2) is 12.1. The maximum absolute atomic E-state index is 15.5. The number of rotatable bonds is 6. The van der Waals surface area contributed by atoms with Gasteiger partial charge in [0.05, 0.1) is 38.4 Å². The Kier molecular flexibility index (Phi) is 8.42. The minimum atomic E-state index is -4.73. The Bertz CT molecular complexity index is 1730. The molecular formula is C33H28F4N2O6. The summed E-state index contributed by atoms with van der Waals surface area (Å²) < 4.78 is 72.2. The van der Waals surface area contributed by atoms with E-state index in [2.05, 4.69) is 0 Å². The van der Waals surface area contributed by atoms with Crippen molar-refractivity contribution in [3.05, 3.63) is 118 Å². The molecular weight excluding hydrogens is 596 g/mol. The van der Waals surface area contributed by atoms with Crippen molar-refractivity contribution in [2.24, 2.45) is 11.7 Å². The highest BCUT2D eigenvalue weighted by atomic mass is 19.4. The van der Waals surface area contributed by atoms with E-state index in [9.17, 15) is 27.6 Å². The molecule has 2 aliphatic rings. The maximum Gasteiger partial charge on any atom is 0.416 e. The highest BCUT2D eigenvalue weighted by Crippen LogP contribution is 2.52. The van der Waals surface area contributed by atoms with Crippen LogP contribution in [0.1, 0.15) is 34.9 Å². The molecule has 2 N–H and O–H groups in total. The lowest BCUT2D eigenvalue weighted by Crippen LogP contribution is -2.46. The fraction of sp³-hybridized carbons (Fsp3) is 0.242. The lowest BCUT2D eigenvalue weighted by Gasteiger charge is -2.44. The summed E-state index contributed by atoms with van der Waals surface area (Å²) in [5.74, 6) is -7.13. The number of halogens is 4. The quantitative estimate of drug-likeness (QED) is 0.215. The lowest BCUT2D eigenvalue weighted by atomic mass is 9.67. The molecule has 3 aromatic carbocycles. The van der Waals surface area contributed by atoms with Crippen molar-refractivity contribution < 1.29 is 46.2 Å². The van der Waals surface area contributed by atoms with E-state index in [4.69, 9.17) is 19.9 Å². The number of carbonyl (C=O) groups excluding carboxylic acids is 3. The van der Waals surface area contributed by atoms with Crippen LogP contribution in [-0.4, -0.2) is 39.1 Å². The van der Waals surface area contributed by atoms with E-state index < -0.39 is 53.0 Å². The van der Waals surface area contributed by atoms with E-state index in [0.29, 0.717) is 11.3 Å². The van der Waals surface area contributed by atoms with Gasteiger partial charge in [-0.15, -0.1) is 0 Å². The van der Waals surface area contributed by atoms with E-state index in [-0.39, 0.29) is 40.3 Å². The number of ether oxygens (including phenoxy) is 3. The second-order valence-electron chi connectivity index (χ2n) is 10.4. The molecule has 5 rings (SSSR count). The summed E-state index contributed by atoms with van der Waals surface area (Å²) in [7, 11) is 3.64. The number of ketones is 1. The molecule has 3 aromatic rings. The minimum absolute atomic E-state index is 0.0960. The van der Waals surface area contributed by atoms with Crippen LogP contribution in [0.4, 0.5) is 23.2 Å². The van der Waals surface area contributed by atoms with Crippen LogP contribution in [0.2, 0.25) is 0 Å². The molecule has 0 aromatic heterocycles. The summed E-state index contributed by atoms with van der Waals surface area (Å²) in [6, 6.07) is 16.2. The monoisotopic (exact) mass is 624 g/mol. The van der Waals surface area contributed by atoms with Crippen LogP contribution in [0, 0.1) is 11.7 Å². The minimum Gasteiger partial charge on any atom is -0.497 e. The Morgan fingerprint density at radius 2 is 1.62 bits per heavy atom. The molecule has 12 heteroatoms. The summed E-state index contributed by atoms with van der Waals surface area (Å²) in [5, 5.41) is 0. The number of hydrogen-bond donors (Lipinski definition) is 1. The van der Waals surface area contributed by atoms with Crippen LogP contribution in [0.3, 0.4) is 0 Å². The summed E-state index contributed by atoms with van der Waals surface area (Å²) >= 11 is 0. The smallest absolute Gasteiger partial charge is 0.416 e. The van der Waals surface area contributed by atoms with Crippen molar-refractivity contribution in [1.29, 1.82) is 0 Å². The summed E-state index contributed by atoms with van der Waals surface area (Å²) in [4.78, 5) is 42.4. The van der Waals surface area contributed by atoms with Gasteiger partial charge in [-0.05, 0) is 48.4 Å². The number of methoxy groups -OCH3 is 3. The summed E-state index contributed by atoms with van der Waals surface area (Å²) in [6.07, 6.45) is -4.85. The van der Waals surface area contributed by atoms with Crippen molar-refractivity contribution in [3.63, 3.8) is 0 Å². The fourth-order valence-corrected chi connectivity index (χ4v) is 6.04. The van der Waals surface area contributed by atoms with Gasteiger partial charge in [0.2, 0.25) is 0 Å². The molecule has 0 radical (unpaired) electrons. The molecule has 0 saturated carbocycles. The van der Waals surface area contributed by atoms with Crippen LogP contribution < -0.4 is 15.4 Å². The SMILES string of the molecule is COC(=O)C1=C(N)N(c2cccc(C(F)(F)F)c2)C2=C(C(=O)[C@H](C(=O)OC)[C@H](c3ccc(OC)cc3)C2)[C@H]1c1ccccc1F. The number of esters is 2. The van der Waals surface area contributed by atoms with E-state index in [1.165, 1.54) is 36.3 Å². The molecule has 0 saturated heterocycles. The zero-order valence-electron chi connectivity index (χ0n) is 24.4. The van der Waals surface area contributed by atoms with Gasteiger partial charge in [-0.1, -0.05) is 36.4 Å². The second-order valence-corrected chi connectivity index (χ2v) is 10.4. The normalized spacial score (nSPS) is 20.1. The Morgan fingerprint density at radius 1 is 0.933 bits per heavy atom. The van der Waals surface area contributed by atoms with Crippen LogP contribution in [-0.2, 0) is 30.0 Å². The summed E-state index contributed by atoms with van der Waals surface area (Å²) in [6.45, 7) is 0. The highest BCUT2D eigenvalue weighted by Gasteiger charge is 2.52. The average Bonchev–Trinajstić information content (AvgIpc) is 3.03. The highest BCUT2D eigenvalue weighted by molar-refractivity contribution is 6.14. The molecule has 45 heavy (non-hydrogen) atoms. The third kappa shape index (κ3) is 5.52. The first-order valence-corrected chi connectivity index (χ1v) is 13.7. The van der Waals surface area contributed by atoms with Gasteiger partial charge < -0.3 is 19.9 Å². The number of Topliss-reactive ketones (excluding diaryl/α,β-unsaturated/α-hetero) is 1. The third-order valence-electron chi connectivity index (χ3n) is 8.09. The van der Waals surface area contributed by atoms with Gasteiger partial charge in [0.1, 0.15) is 23.3 Å². The van der Waals surface area contributed by atoms with E-state index in [0.717, 1.165) is 38.5 Å². The molecule has 0 unspecified atom stereocenters. The number of hydrogen-bond acceptors (Lipinski definition) is 8. The molecule has 0 spiro atoms. The standard InChI is InChI=1S/C33H28F4N2O6/c1-43-20-13-11-17(12-14-20)22-16-24-27(29(40)26(22)31(41)44-2)25(21-9-4-5-10-23(21)34)28(32(42)45-3)30(38)39(24)19-8-6-7-18(15-19)33(35,36)37/h4-15,22,25-26H,16,38H2,1-3H3/t22-,25+,26+/m0/s1. The van der Waals surface area contributed by atoms with Gasteiger partial charge in [-0.3, -0.25) is 14.5 Å². The predicted octanol–water partition coefficient (Wildman–Crippen LogP) is 5.60. The van der Waals surface area contributed by atoms with Gasteiger partial charge in [-0.25, -0.2) is 9.18 Å². The van der Waals surface area contributed by atoms with Crippen molar-refractivity contribution in [2.45, 2.75) is 24.4 Å². The Balaban J connectivity index is 1.84. The van der Waals surface area contributed by atoms with Gasteiger partial charge >= 0.3 is 18.1 Å². The zero-order valence-corrected chi connectivity index (χ0v) is 24.4. The number of carbonyl (C=O) groups is 3. The topological polar surface area (TPSA) is 108 Å². The van der Waals surface area contributed by atoms with Crippen molar-refractivity contribution in [1.82, 2.24) is 0 Å². The molecule has 0 amide bonds. The third-order valence-corrected chi connectivity index (χ3v) is 8.09. The zero-order chi connectivity index (χ0) is 32.6. The van der Waals surface area contributed by atoms with Gasteiger partial charge in [0, 0.05) is 28.4 Å². The number of alkyl halides is 3. The molecule has 3 atom stereocenters. The first kappa shape index (κ1) is 31.3. The lowest BCUT2D eigenvalue weighted by molar-refractivity contribution is -0.150. The van der Waals surface area contributed by atoms with E-state index in [1.807, 2.05) is 0 Å². The molecule has 1 aliphatic heterocycles. The number of nitrogens with zero attached hydrogens (tertiary/aromatic N) is 1. The van der Waals surface area contributed by atoms with Crippen LogP contribution in [0.5, 0.6) is 5.75 Å². The molecule has 1 aliphatic carbocycles. The largest absolute Gasteiger partial charge is 0.497 e. The van der Waals surface area contributed by atoms with Gasteiger partial charge in [0.15, 0.2) is 5.78 Å². The van der Waals surface area contributed by atoms with Gasteiger partial charge in [-0.2, -0.15) is 13.2 Å². The van der Waals surface area contributed by atoms with Crippen LogP contribution >= 0.6 is 0 Å². The average molecular weight is 625 g/mol. The number of benzene rings is 3. The Labute approximate surface area is 255 Å². The van der Waals surface area contributed by atoms with Crippen LogP contribution in [0.15, 0.2) is 95.5 Å². The van der Waals surface area contributed by atoms with Gasteiger partial charge in [0.25, 0.3) is 0 Å².